The van der Waals surface area contributed by atoms with Crippen LogP contribution < -0.4 is 0 Å². The van der Waals surface area contributed by atoms with E-state index in [1.54, 1.807) is 42.2 Å². The highest BCUT2D eigenvalue weighted by molar-refractivity contribution is 6.35. The van der Waals surface area contributed by atoms with Gasteiger partial charge in [0.2, 0.25) is 0 Å². The molecule has 3 aromatic rings. The molecule has 2 heterocycles. The Bertz CT molecular complexity index is 1570. The minimum atomic E-state index is -1.33. The number of aromatic nitrogens is 1. The molecule has 0 saturated carbocycles. The van der Waals surface area contributed by atoms with Crippen molar-refractivity contribution in [2.45, 2.75) is 32.1 Å². The van der Waals surface area contributed by atoms with Crippen molar-refractivity contribution in [1.29, 1.82) is 5.26 Å². The predicted molar refractivity (Wildman–Crippen MR) is 154 cm³/mol. The van der Waals surface area contributed by atoms with Gasteiger partial charge in [-0.25, -0.2) is 0 Å². The molecule has 0 bridgehead atoms. The molecule has 1 unspecified atom stereocenters. The van der Waals surface area contributed by atoms with E-state index >= 15 is 0 Å². The van der Waals surface area contributed by atoms with Crippen LogP contribution in [0.1, 0.15) is 48.0 Å². The van der Waals surface area contributed by atoms with Gasteiger partial charge in [-0.2, -0.15) is 5.26 Å². The molecule has 0 saturated heterocycles. The summed E-state index contributed by atoms with van der Waals surface area (Å²) in [6.07, 6.45) is 7.82. The number of carbonyl (C=O) groups excluding carboxylic acids is 2. The van der Waals surface area contributed by atoms with E-state index in [4.69, 9.17) is 37.7 Å². The minimum absolute atomic E-state index is 0.103. The van der Waals surface area contributed by atoms with Gasteiger partial charge in [-0.05, 0) is 61.6 Å². The van der Waals surface area contributed by atoms with E-state index in [9.17, 15) is 14.9 Å². The van der Waals surface area contributed by atoms with Crippen molar-refractivity contribution in [3.05, 3.63) is 87.3 Å². The Balaban J connectivity index is 1.68. The maximum absolute atomic E-state index is 14.2. The fourth-order valence-corrected chi connectivity index (χ4v) is 5.74. The molecule has 0 fully saturated rings. The normalized spacial score (nSPS) is 15.9. The molecule has 1 aromatic heterocycles. The summed E-state index contributed by atoms with van der Waals surface area (Å²) in [7, 11) is 0. The molecular weight excluding hydrogens is 549 g/mol. The van der Waals surface area contributed by atoms with Crippen molar-refractivity contribution in [2.24, 2.45) is 0 Å². The van der Waals surface area contributed by atoms with Crippen LogP contribution >= 0.6 is 23.2 Å². The van der Waals surface area contributed by atoms with Gasteiger partial charge in [-0.15, -0.1) is 0 Å². The highest BCUT2D eigenvalue weighted by Gasteiger charge is 2.32. The lowest BCUT2D eigenvalue weighted by molar-refractivity contribution is -0.143. The summed E-state index contributed by atoms with van der Waals surface area (Å²) in [5.41, 5.74) is 3.47. The Morgan fingerprint density at radius 2 is 2.02 bits per heavy atom. The quantitative estimate of drug-likeness (QED) is 0.309. The third kappa shape index (κ3) is 5.56. The average molecular weight is 576 g/mol. The number of ether oxygens (including phenoxy) is 2. The minimum Gasteiger partial charge on any atom is -0.494 e. The van der Waals surface area contributed by atoms with Crippen molar-refractivity contribution in [3.8, 4) is 17.2 Å². The lowest BCUT2D eigenvalue weighted by atomic mass is 9.89. The van der Waals surface area contributed by atoms with Crippen molar-refractivity contribution >= 4 is 46.0 Å². The second-order valence-corrected chi connectivity index (χ2v) is 10.5. The third-order valence-electron chi connectivity index (χ3n) is 7.01. The van der Waals surface area contributed by atoms with Crippen LogP contribution in [-0.2, 0) is 14.3 Å². The molecule has 1 atom stereocenters. The number of nitrogens with zero attached hydrogens (tertiary/aromatic N) is 3. The van der Waals surface area contributed by atoms with E-state index in [0.717, 1.165) is 29.7 Å². The largest absolute Gasteiger partial charge is 0.494 e. The molecule has 7 nitrogen and oxygen atoms in total. The van der Waals surface area contributed by atoms with Crippen LogP contribution in [0.3, 0.4) is 0 Å². The SMILES string of the molecule is CCOC(=O)C(C#N)c1c(C(=O)N2CCCOC3=C(CCC=C3)C2)cnc2c(-c3cc(Cl)cc(Cl)c3)cccc12. The molecule has 5 rings (SSSR count). The fraction of sp³-hybridized carbons (Fsp3) is 0.290. The van der Waals surface area contributed by atoms with Gasteiger partial charge in [0.1, 0.15) is 5.76 Å². The molecule has 0 radical (unpaired) electrons. The first-order valence-corrected chi connectivity index (χ1v) is 13.9. The van der Waals surface area contributed by atoms with Crippen molar-refractivity contribution in [1.82, 2.24) is 9.88 Å². The van der Waals surface area contributed by atoms with Crippen LogP contribution in [0.2, 0.25) is 10.0 Å². The number of pyridine rings is 1. The molecule has 1 amide bonds. The first-order valence-electron chi connectivity index (χ1n) is 13.2. The molecule has 204 valence electrons. The topological polar surface area (TPSA) is 92.5 Å². The number of esters is 1. The number of carbonyl (C=O) groups is 2. The number of benzene rings is 2. The molecule has 40 heavy (non-hydrogen) atoms. The molecule has 9 heteroatoms. The van der Waals surface area contributed by atoms with Crippen molar-refractivity contribution in [3.63, 3.8) is 0 Å². The van der Waals surface area contributed by atoms with Crippen LogP contribution in [0.25, 0.3) is 22.0 Å². The van der Waals surface area contributed by atoms with Gasteiger partial charge in [0.05, 0.1) is 30.4 Å². The highest BCUT2D eigenvalue weighted by Crippen LogP contribution is 2.37. The third-order valence-corrected chi connectivity index (χ3v) is 7.45. The Morgan fingerprint density at radius 3 is 2.77 bits per heavy atom. The van der Waals surface area contributed by atoms with E-state index in [1.165, 1.54) is 6.20 Å². The Kier molecular flexibility index (Phi) is 8.39. The van der Waals surface area contributed by atoms with E-state index < -0.39 is 11.9 Å². The van der Waals surface area contributed by atoms with E-state index in [1.807, 2.05) is 12.1 Å². The summed E-state index contributed by atoms with van der Waals surface area (Å²) in [5.74, 6) is -1.53. The maximum atomic E-state index is 14.2. The number of fused-ring (bicyclic) bond motifs is 1. The Labute approximate surface area is 242 Å². The number of halogens is 2. The van der Waals surface area contributed by atoms with Crippen LogP contribution in [0, 0.1) is 11.3 Å². The lowest BCUT2D eigenvalue weighted by Crippen LogP contribution is -2.37. The summed E-state index contributed by atoms with van der Waals surface area (Å²) >= 11 is 12.6. The zero-order valence-corrected chi connectivity index (χ0v) is 23.5. The molecular formula is C31H27Cl2N3O4. The smallest absolute Gasteiger partial charge is 0.327 e. The molecule has 0 spiro atoms. The van der Waals surface area contributed by atoms with Gasteiger partial charge in [0.25, 0.3) is 5.91 Å². The highest BCUT2D eigenvalue weighted by atomic mass is 35.5. The number of para-hydroxylation sites is 1. The summed E-state index contributed by atoms with van der Waals surface area (Å²) in [6.45, 7) is 3.13. The zero-order valence-electron chi connectivity index (χ0n) is 22.0. The lowest BCUT2D eigenvalue weighted by Gasteiger charge is -2.30. The monoisotopic (exact) mass is 575 g/mol. The molecule has 1 aliphatic heterocycles. The van der Waals surface area contributed by atoms with E-state index in [2.05, 4.69) is 12.1 Å². The van der Waals surface area contributed by atoms with Crippen molar-refractivity contribution < 1.29 is 19.1 Å². The summed E-state index contributed by atoms with van der Waals surface area (Å²) in [6, 6.07) is 12.7. The Hall–Kier alpha value is -3.86. The standard InChI is InChI=1S/C31H27Cl2N3O4/c1-2-39-31(38)25(16-34)28-24-9-5-8-23(20-13-21(32)15-22(33)14-20)29(24)35-17-26(28)30(37)36-11-6-12-40-27-10-4-3-7-19(27)18-36/h4-5,8-10,13-15,17,25H,2-3,6-7,11-12,18H2,1H3. The number of hydrogen-bond donors (Lipinski definition) is 0. The molecule has 2 aliphatic rings. The maximum Gasteiger partial charge on any atom is 0.327 e. The van der Waals surface area contributed by atoms with Crippen molar-refractivity contribution in [2.75, 3.05) is 26.3 Å². The summed E-state index contributed by atoms with van der Waals surface area (Å²) < 4.78 is 11.2. The Morgan fingerprint density at radius 1 is 1.23 bits per heavy atom. The van der Waals surface area contributed by atoms with Gasteiger partial charge in [0.15, 0.2) is 5.92 Å². The van der Waals surface area contributed by atoms with Crippen LogP contribution in [0.5, 0.6) is 0 Å². The van der Waals surface area contributed by atoms with Gasteiger partial charge >= 0.3 is 5.97 Å². The molecule has 0 N–H and O–H groups in total. The molecule has 2 aromatic carbocycles. The van der Waals surface area contributed by atoms with Gasteiger partial charge in [-0.1, -0.05) is 47.5 Å². The van der Waals surface area contributed by atoms with E-state index in [0.29, 0.717) is 52.6 Å². The average Bonchev–Trinajstić information content (AvgIpc) is 2.93. The summed E-state index contributed by atoms with van der Waals surface area (Å²) in [4.78, 5) is 33.7. The second kappa shape index (κ2) is 12.1. The number of hydrogen-bond acceptors (Lipinski definition) is 6. The zero-order chi connectivity index (χ0) is 28.2. The molecule has 1 aliphatic carbocycles. The number of rotatable bonds is 5. The van der Waals surface area contributed by atoms with Crippen LogP contribution in [0.15, 0.2) is 66.1 Å². The fourth-order valence-electron chi connectivity index (χ4n) is 5.21. The van der Waals surface area contributed by atoms with Gasteiger partial charge < -0.3 is 14.4 Å². The number of allylic oxidation sites excluding steroid dienone is 2. The summed E-state index contributed by atoms with van der Waals surface area (Å²) in [5, 5.41) is 11.6. The van der Waals surface area contributed by atoms with Gasteiger partial charge in [-0.3, -0.25) is 14.6 Å². The second-order valence-electron chi connectivity index (χ2n) is 9.60. The van der Waals surface area contributed by atoms with Crippen LogP contribution in [0.4, 0.5) is 0 Å². The number of amides is 1. The predicted octanol–water partition coefficient (Wildman–Crippen LogP) is 6.85. The first kappa shape index (κ1) is 27.7. The number of nitriles is 1. The van der Waals surface area contributed by atoms with Crippen LogP contribution in [-0.4, -0.2) is 48.1 Å². The van der Waals surface area contributed by atoms with Gasteiger partial charge in [0, 0.05) is 45.8 Å². The van der Waals surface area contributed by atoms with E-state index in [-0.39, 0.29) is 23.6 Å². The first-order chi connectivity index (χ1) is 19.4.